The first kappa shape index (κ1) is 26.9. The molecule has 0 rings (SSSR count). The molecule has 0 aromatic rings. The summed E-state index contributed by atoms with van der Waals surface area (Å²) in [4.78, 5) is 20.2. The lowest BCUT2D eigenvalue weighted by Gasteiger charge is -1.90. The van der Waals surface area contributed by atoms with Crippen LogP contribution >= 0.6 is 15.9 Å². The molecule has 0 amide bonds. The van der Waals surface area contributed by atoms with Crippen LogP contribution in [0.4, 0.5) is 0 Å². The number of carbonyl (C=O) groups excluding carboxylic acids is 2. The monoisotopic (exact) mass is 350 g/mol. The summed E-state index contributed by atoms with van der Waals surface area (Å²) in [6.45, 7) is 2.73. The molecule has 0 saturated carbocycles. The number of rotatable bonds is 2. The van der Waals surface area contributed by atoms with Gasteiger partial charge in [0.2, 0.25) is 0 Å². The summed E-state index contributed by atoms with van der Waals surface area (Å²) in [6.07, 6.45) is 0. The van der Waals surface area contributed by atoms with E-state index in [1.807, 2.05) is 0 Å². The van der Waals surface area contributed by atoms with Gasteiger partial charge in [0.25, 0.3) is 0 Å². The van der Waals surface area contributed by atoms with Gasteiger partial charge in [0, 0.05) is 13.8 Å². The lowest BCUT2D eigenvalue weighted by molar-refractivity contribution is -0.140. The molecule has 116 valence electrons. The lowest BCUT2D eigenvalue weighted by Crippen LogP contribution is -1.97. The highest BCUT2D eigenvalue weighted by atomic mass is 79.9. The van der Waals surface area contributed by atoms with E-state index in [0.717, 1.165) is 0 Å². The molecule has 6 heteroatoms. The van der Waals surface area contributed by atoms with Crippen LogP contribution in [0.2, 0.25) is 0 Å². The van der Waals surface area contributed by atoms with Gasteiger partial charge in [-0.15, -0.1) is 0 Å². The SMILES string of the molecule is C.C.CC(=O)OCC#CCBr.CC(=O)OCC#CCO. The van der Waals surface area contributed by atoms with Crippen molar-refractivity contribution < 1.29 is 24.2 Å². The molecule has 0 heterocycles. The molecule has 20 heavy (non-hydrogen) atoms. The molecule has 0 aliphatic rings. The molecule has 0 aliphatic heterocycles. The molecule has 0 aromatic carbocycles. The summed E-state index contributed by atoms with van der Waals surface area (Å²) in [5, 5.41) is 8.74. The van der Waals surface area contributed by atoms with Gasteiger partial charge in [0.05, 0.1) is 5.33 Å². The van der Waals surface area contributed by atoms with Crippen LogP contribution in [0.5, 0.6) is 0 Å². The number of hydrogen-bond donors (Lipinski definition) is 1. The molecule has 1 N–H and O–H groups in total. The van der Waals surface area contributed by atoms with Gasteiger partial charge in [-0.1, -0.05) is 54.5 Å². The van der Waals surface area contributed by atoms with E-state index in [4.69, 9.17) is 5.11 Å². The summed E-state index contributed by atoms with van der Waals surface area (Å²) in [6, 6.07) is 0. The normalized spacial score (nSPS) is 6.60. The second-order valence-electron chi connectivity index (χ2n) is 2.56. The Morgan fingerprint density at radius 2 is 1.35 bits per heavy atom. The molecule has 0 unspecified atom stereocenters. The van der Waals surface area contributed by atoms with Gasteiger partial charge >= 0.3 is 11.9 Å². The molecular weight excluding hydrogens is 328 g/mol. The highest BCUT2D eigenvalue weighted by molar-refractivity contribution is 9.09. The molecule has 0 bridgehead atoms. The van der Waals surface area contributed by atoms with E-state index >= 15 is 0 Å². The molecule has 5 nitrogen and oxygen atoms in total. The number of ether oxygens (including phenoxy) is 2. The zero-order valence-corrected chi connectivity index (χ0v) is 11.9. The number of alkyl halides is 1. The number of halogens is 1. The number of aliphatic hydroxyl groups excluding tert-OH is 1. The van der Waals surface area contributed by atoms with Crippen LogP contribution < -0.4 is 0 Å². The van der Waals surface area contributed by atoms with Crippen molar-refractivity contribution in [3.63, 3.8) is 0 Å². The van der Waals surface area contributed by atoms with Crippen LogP contribution in [0.25, 0.3) is 0 Å². The van der Waals surface area contributed by atoms with Crippen molar-refractivity contribution in [2.45, 2.75) is 28.7 Å². The maximum atomic E-state index is 10.1. The van der Waals surface area contributed by atoms with Crippen molar-refractivity contribution in [1.29, 1.82) is 0 Å². The van der Waals surface area contributed by atoms with E-state index in [-0.39, 0.29) is 46.6 Å². The van der Waals surface area contributed by atoms with Crippen LogP contribution in [0, 0.1) is 23.7 Å². The summed E-state index contributed by atoms with van der Waals surface area (Å²) < 4.78 is 8.93. The number of aliphatic hydroxyl groups is 1. The maximum absolute atomic E-state index is 10.1. The Morgan fingerprint density at radius 3 is 1.65 bits per heavy atom. The zero-order chi connectivity index (χ0) is 14.2. The number of hydrogen-bond acceptors (Lipinski definition) is 5. The van der Waals surface area contributed by atoms with Crippen molar-refractivity contribution in [3.05, 3.63) is 0 Å². The fraction of sp³-hybridized carbons (Fsp3) is 0.571. The summed E-state index contributed by atoms with van der Waals surface area (Å²) in [5.41, 5.74) is 0. The zero-order valence-electron chi connectivity index (χ0n) is 10.3. The van der Waals surface area contributed by atoms with Gasteiger partial charge in [-0.25, -0.2) is 0 Å². The molecule has 0 saturated heterocycles. The highest BCUT2D eigenvalue weighted by Crippen LogP contribution is 1.75. The fourth-order valence-electron chi connectivity index (χ4n) is 0.481. The lowest BCUT2D eigenvalue weighted by atomic mass is 10.6. The Balaban J connectivity index is -0.000000116. The smallest absolute Gasteiger partial charge is 0.303 e. The van der Waals surface area contributed by atoms with Crippen molar-refractivity contribution >= 4 is 27.9 Å². The molecule has 0 fully saturated rings. The van der Waals surface area contributed by atoms with Crippen LogP contribution in [0.15, 0.2) is 0 Å². The standard InChI is InChI=1S/C6H7BrO2.C6H8O3.2CH4/c2*1-6(8)9-5-3-2-4-7;;/h4-5H2,1H3;7H,4-5H2,1H3;2*1H4. The van der Waals surface area contributed by atoms with E-state index in [2.05, 4.69) is 49.1 Å². The van der Waals surface area contributed by atoms with E-state index in [0.29, 0.717) is 5.33 Å². The second kappa shape index (κ2) is 22.7. The van der Waals surface area contributed by atoms with Crippen LogP contribution in [-0.4, -0.2) is 42.2 Å². The second-order valence-corrected chi connectivity index (χ2v) is 3.12. The molecule has 0 radical (unpaired) electrons. The first-order chi connectivity index (χ1) is 8.54. The van der Waals surface area contributed by atoms with Crippen molar-refractivity contribution in [2.24, 2.45) is 0 Å². The van der Waals surface area contributed by atoms with Gasteiger partial charge in [-0.3, -0.25) is 9.59 Å². The molecule has 0 spiro atoms. The Bertz CT molecular complexity index is 321. The predicted molar refractivity (Wildman–Crippen MR) is 83.2 cm³/mol. The van der Waals surface area contributed by atoms with Gasteiger partial charge in [-0.2, -0.15) is 0 Å². The fourth-order valence-corrected chi connectivity index (χ4v) is 0.679. The van der Waals surface area contributed by atoms with Crippen LogP contribution in [-0.2, 0) is 19.1 Å². The van der Waals surface area contributed by atoms with E-state index in [1.165, 1.54) is 13.8 Å². The third kappa shape index (κ3) is 36.0. The summed E-state index contributed by atoms with van der Waals surface area (Å²) in [7, 11) is 0. The van der Waals surface area contributed by atoms with Gasteiger partial charge in [-0.05, 0) is 0 Å². The van der Waals surface area contributed by atoms with E-state index in [1.54, 1.807) is 0 Å². The van der Waals surface area contributed by atoms with E-state index in [9.17, 15) is 9.59 Å². The quantitative estimate of drug-likeness (QED) is 0.466. The molecule has 0 atom stereocenters. The summed E-state index contributed by atoms with van der Waals surface area (Å²) in [5.74, 6) is 9.42. The Kier molecular flexibility index (Phi) is 30.5. The number of carbonyl (C=O) groups is 2. The Labute approximate surface area is 130 Å². The average molecular weight is 351 g/mol. The highest BCUT2D eigenvalue weighted by Gasteiger charge is 1.85. The average Bonchev–Trinajstić information content (AvgIpc) is 2.31. The van der Waals surface area contributed by atoms with Gasteiger partial charge < -0.3 is 14.6 Å². The van der Waals surface area contributed by atoms with Gasteiger partial charge in [0.15, 0.2) is 13.2 Å². The number of esters is 2. The predicted octanol–water partition coefficient (Wildman–Crippen LogP) is 1.77. The Morgan fingerprint density at radius 1 is 0.950 bits per heavy atom. The third-order valence-electron chi connectivity index (χ3n) is 1.09. The van der Waals surface area contributed by atoms with Crippen molar-refractivity contribution in [2.75, 3.05) is 25.2 Å². The minimum Gasteiger partial charge on any atom is -0.453 e. The summed E-state index contributed by atoms with van der Waals surface area (Å²) >= 11 is 3.10. The largest absolute Gasteiger partial charge is 0.453 e. The van der Waals surface area contributed by atoms with Crippen LogP contribution in [0.1, 0.15) is 28.7 Å². The molecular formula is C14H23BrO5. The first-order valence-electron chi connectivity index (χ1n) is 4.89. The van der Waals surface area contributed by atoms with E-state index < -0.39 is 0 Å². The topological polar surface area (TPSA) is 72.8 Å². The molecule has 0 aromatic heterocycles. The van der Waals surface area contributed by atoms with Crippen molar-refractivity contribution in [1.82, 2.24) is 0 Å². The van der Waals surface area contributed by atoms with Crippen molar-refractivity contribution in [3.8, 4) is 23.7 Å². The molecule has 0 aliphatic carbocycles. The minimum atomic E-state index is -0.359. The maximum Gasteiger partial charge on any atom is 0.303 e. The minimum absolute atomic E-state index is 0. The van der Waals surface area contributed by atoms with Gasteiger partial charge in [0.1, 0.15) is 6.61 Å². The Hall–Kier alpha value is -1.50. The third-order valence-corrected chi connectivity index (χ3v) is 1.37. The first-order valence-corrected chi connectivity index (χ1v) is 6.01. The van der Waals surface area contributed by atoms with Crippen LogP contribution in [0.3, 0.4) is 0 Å².